The highest BCUT2D eigenvalue weighted by molar-refractivity contribution is 5.36. The number of hydrogen-bond donors (Lipinski definition) is 0. The van der Waals surface area contributed by atoms with Gasteiger partial charge in [-0.05, 0) is 6.42 Å². The van der Waals surface area contributed by atoms with Gasteiger partial charge in [0.05, 0.1) is 6.61 Å². The summed E-state index contributed by atoms with van der Waals surface area (Å²) in [4.78, 5) is 9.60. The van der Waals surface area contributed by atoms with E-state index < -0.39 is 0 Å². The van der Waals surface area contributed by atoms with Gasteiger partial charge in [-0.3, -0.25) is 4.79 Å². The normalized spacial score (nSPS) is 9.00. The summed E-state index contributed by atoms with van der Waals surface area (Å²) in [6, 6.07) is 0. The average Bonchev–Trinajstić information content (AvgIpc) is 1.89. The molecule has 0 aromatic carbocycles. The summed E-state index contributed by atoms with van der Waals surface area (Å²) < 4.78 is 4.48. The summed E-state index contributed by atoms with van der Waals surface area (Å²) in [5.41, 5.74) is 0. The van der Waals surface area contributed by atoms with Crippen LogP contribution in [0.5, 0.6) is 0 Å². The zero-order chi connectivity index (χ0) is 6.95. The van der Waals surface area contributed by atoms with Crippen LogP contribution in [0.4, 0.5) is 0 Å². The van der Waals surface area contributed by atoms with Gasteiger partial charge in [-0.1, -0.05) is 26.2 Å². The Kier molecular flexibility index (Phi) is 7.03. The monoisotopic (exact) mass is 129 g/mol. The molecule has 0 spiro atoms. The molecule has 53 valence electrons. The highest BCUT2D eigenvalue weighted by atomic mass is 16.5. The molecule has 0 saturated heterocycles. The lowest BCUT2D eigenvalue weighted by Crippen LogP contribution is -1.90. The van der Waals surface area contributed by atoms with Crippen molar-refractivity contribution in [1.29, 1.82) is 0 Å². The summed E-state index contributed by atoms with van der Waals surface area (Å²) in [6.45, 7) is 4.74. The Bertz CT molecular complexity index is 61.9. The van der Waals surface area contributed by atoms with E-state index in [1.54, 1.807) is 0 Å². The fourth-order valence-electron chi connectivity index (χ4n) is 0.587. The van der Waals surface area contributed by atoms with Gasteiger partial charge in [-0.15, -0.1) is 0 Å². The van der Waals surface area contributed by atoms with Gasteiger partial charge in [-0.2, -0.15) is 0 Å². The number of hydrogen-bond acceptors (Lipinski definition) is 2. The molecule has 1 radical (unpaired) electrons. The molecule has 0 aromatic heterocycles. The summed E-state index contributed by atoms with van der Waals surface area (Å²) in [5.74, 6) is 0. The maximum absolute atomic E-state index is 9.60. The third-order valence-corrected chi connectivity index (χ3v) is 1.08. The first kappa shape index (κ1) is 8.47. The molecule has 0 saturated carbocycles. The number of carbonyl (C=O) groups excluding carboxylic acids is 1. The predicted molar refractivity (Wildman–Crippen MR) is 35.8 cm³/mol. The van der Waals surface area contributed by atoms with E-state index >= 15 is 0 Å². The molecule has 0 aliphatic carbocycles. The standard InChI is InChI=1S/C7H13O2/c1-2-3-4-5-6-9-7-8/h7H,1-6H2. The van der Waals surface area contributed by atoms with Crippen molar-refractivity contribution >= 4 is 6.47 Å². The zero-order valence-corrected chi connectivity index (χ0v) is 5.64. The van der Waals surface area contributed by atoms with Gasteiger partial charge in [-0.25, -0.2) is 0 Å². The van der Waals surface area contributed by atoms with E-state index in [0.29, 0.717) is 13.1 Å². The maximum Gasteiger partial charge on any atom is 0.293 e. The third-order valence-electron chi connectivity index (χ3n) is 1.08. The topological polar surface area (TPSA) is 26.3 Å². The molecule has 0 bridgehead atoms. The van der Waals surface area contributed by atoms with E-state index in [1.807, 2.05) is 0 Å². The Labute approximate surface area is 56.2 Å². The van der Waals surface area contributed by atoms with Gasteiger partial charge in [0.15, 0.2) is 0 Å². The van der Waals surface area contributed by atoms with E-state index in [2.05, 4.69) is 11.7 Å². The highest BCUT2D eigenvalue weighted by Crippen LogP contribution is 1.97. The Morgan fingerprint density at radius 2 is 2.11 bits per heavy atom. The van der Waals surface area contributed by atoms with Crippen LogP contribution in [0.3, 0.4) is 0 Å². The largest absolute Gasteiger partial charge is 0.468 e. The second-order valence-electron chi connectivity index (χ2n) is 1.88. The van der Waals surface area contributed by atoms with Crippen molar-refractivity contribution in [3.05, 3.63) is 6.92 Å². The van der Waals surface area contributed by atoms with Gasteiger partial charge in [0.25, 0.3) is 6.47 Å². The van der Waals surface area contributed by atoms with E-state index in [1.165, 1.54) is 0 Å². The lowest BCUT2D eigenvalue weighted by Gasteiger charge is -1.95. The van der Waals surface area contributed by atoms with Crippen LogP contribution in [0.25, 0.3) is 0 Å². The van der Waals surface area contributed by atoms with Crippen LogP contribution >= 0.6 is 0 Å². The Morgan fingerprint density at radius 3 is 2.67 bits per heavy atom. The van der Waals surface area contributed by atoms with Crippen LogP contribution in [0.1, 0.15) is 25.7 Å². The van der Waals surface area contributed by atoms with Crippen molar-refractivity contribution in [3.63, 3.8) is 0 Å². The molecule has 0 aromatic rings. The first-order chi connectivity index (χ1) is 4.41. The molecule has 0 unspecified atom stereocenters. The van der Waals surface area contributed by atoms with Crippen molar-refractivity contribution < 1.29 is 9.53 Å². The van der Waals surface area contributed by atoms with Crippen molar-refractivity contribution in [2.24, 2.45) is 0 Å². The summed E-state index contributed by atoms with van der Waals surface area (Å²) in [5, 5.41) is 0. The van der Waals surface area contributed by atoms with Gasteiger partial charge in [0.1, 0.15) is 0 Å². The first-order valence-electron chi connectivity index (χ1n) is 3.26. The molecule has 0 rings (SSSR count). The first-order valence-corrected chi connectivity index (χ1v) is 3.26. The van der Waals surface area contributed by atoms with Crippen LogP contribution in [0.2, 0.25) is 0 Å². The minimum Gasteiger partial charge on any atom is -0.468 e. The van der Waals surface area contributed by atoms with Crippen LogP contribution in [0, 0.1) is 6.92 Å². The molecule has 0 amide bonds. The molecule has 9 heavy (non-hydrogen) atoms. The summed E-state index contributed by atoms with van der Waals surface area (Å²) >= 11 is 0. The fraction of sp³-hybridized carbons (Fsp3) is 0.714. The Balaban J connectivity index is 2.66. The minimum absolute atomic E-state index is 0.490. The lowest BCUT2D eigenvalue weighted by molar-refractivity contribution is -0.128. The molecule has 0 aliphatic heterocycles. The summed E-state index contributed by atoms with van der Waals surface area (Å²) in [6.07, 6.45) is 4.18. The van der Waals surface area contributed by atoms with Crippen molar-refractivity contribution in [3.8, 4) is 0 Å². The van der Waals surface area contributed by atoms with Crippen LogP contribution < -0.4 is 0 Å². The molecule has 0 N–H and O–H groups in total. The molecule has 0 atom stereocenters. The van der Waals surface area contributed by atoms with Crippen LogP contribution in [-0.2, 0) is 9.53 Å². The van der Waals surface area contributed by atoms with Gasteiger partial charge >= 0.3 is 0 Å². The maximum atomic E-state index is 9.60. The van der Waals surface area contributed by atoms with Gasteiger partial charge in [0.2, 0.25) is 0 Å². The molecule has 2 nitrogen and oxygen atoms in total. The number of unbranched alkanes of at least 4 members (excludes halogenated alkanes) is 3. The van der Waals surface area contributed by atoms with Crippen molar-refractivity contribution in [2.45, 2.75) is 25.7 Å². The number of carbonyl (C=O) groups is 1. The molecule has 0 heterocycles. The minimum atomic E-state index is 0.490. The molecule has 2 heteroatoms. The summed E-state index contributed by atoms with van der Waals surface area (Å²) in [7, 11) is 0. The van der Waals surface area contributed by atoms with E-state index in [9.17, 15) is 4.79 Å². The van der Waals surface area contributed by atoms with E-state index in [0.717, 1.165) is 25.7 Å². The predicted octanol–water partition coefficient (Wildman–Crippen LogP) is 1.55. The van der Waals surface area contributed by atoms with Gasteiger partial charge in [0, 0.05) is 0 Å². The fourth-order valence-corrected chi connectivity index (χ4v) is 0.587. The second-order valence-corrected chi connectivity index (χ2v) is 1.88. The molecular formula is C7H13O2. The highest BCUT2D eigenvalue weighted by Gasteiger charge is 1.85. The molecule has 0 fully saturated rings. The smallest absolute Gasteiger partial charge is 0.293 e. The SMILES string of the molecule is [CH2]CCCCCOC=O. The Morgan fingerprint density at radius 1 is 1.33 bits per heavy atom. The quantitative estimate of drug-likeness (QED) is 0.402. The Hall–Kier alpha value is -0.530. The zero-order valence-electron chi connectivity index (χ0n) is 5.64. The molecule has 0 aliphatic rings. The second kappa shape index (κ2) is 7.47. The van der Waals surface area contributed by atoms with E-state index in [-0.39, 0.29) is 0 Å². The van der Waals surface area contributed by atoms with Crippen molar-refractivity contribution in [2.75, 3.05) is 6.61 Å². The van der Waals surface area contributed by atoms with Crippen LogP contribution in [-0.4, -0.2) is 13.1 Å². The van der Waals surface area contributed by atoms with Crippen molar-refractivity contribution in [1.82, 2.24) is 0 Å². The molecular weight excluding hydrogens is 116 g/mol. The average molecular weight is 129 g/mol. The van der Waals surface area contributed by atoms with Crippen LogP contribution in [0.15, 0.2) is 0 Å². The lowest BCUT2D eigenvalue weighted by atomic mass is 10.2. The van der Waals surface area contributed by atoms with Gasteiger partial charge < -0.3 is 4.74 Å². The van der Waals surface area contributed by atoms with E-state index in [4.69, 9.17) is 0 Å². The third kappa shape index (κ3) is 7.47. The number of ether oxygens (including phenoxy) is 1. The number of rotatable bonds is 6.